The molecule has 0 spiro atoms. The van der Waals surface area contributed by atoms with Crippen molar-refractivity contribution in [2.75, 3.05) is 0 Å². The van der Waals surface area contributed by atoms with E-state index in [0.29, 0.717) is 5.82 Å². The first-order valence-electron chi connectivity index (χ1n) is 7.15. The number of hydrogen-bond acceptors (Lipinski definition) is 3. The highest BCUT2D eigenvalue weighted by molar-refractivity contribution is 5.59. The summed E-state index contributed by atoms with van der Waals surface area (Å²) < 4.78 is 1.76. The molecule has 5 nitrogen and oxygen atoms in total. The number of rotatable bonds is 1. The van der Waals surface area contributed by atoms with Crippen LogP contribution in [0.3, 0.4) is 0 Å². The summed E-state index contributed by atoms with van der Waals surface area (Å²) in [7, 11) is 1.88. The molecule has 0 atom stereocenters. The van der Waals surface area contributed by atoms with Gasteiger partial charge in [0.25, 0.3) is 5.56 Å². The van der Waals surface area contributed by atoms with Gasteiger partial charge in [0, 0.05) is 30.1 Å². The average Bonchev–Trinajstić information content (AvgIpc) is 2.69. The van der Waals surface area contributed by atoms with E-state index in [1.54, 1.807) is 10.7 Å². The minimum Gasteiger partial charge on any atom is -0.306 e. The minimum atomic E-state index is -0.173. The van der Waals surface area contributed by atoms with E-state index in [-0.39, 0.29) is 16.4 Å². The summed E-state index contributed by atoms with van der Waals surface area (Å²) in [6.45, 7) is 12.4. The lowest BCUT2D eigenvalue weighted by atomic mass is 9.89. The van der Waals surface area contributed by atoms with Crippen molar-refractivity contribution in [3.8, 4) is 11.4 Å². The first-order chi connectivity index (χ1) is 9.48. The summed E-state index contributed by atoms with van der Waals surface area (Å²) in [6.07, 6.45) is 1.91. The van der Waals surface area contributed by atoms with Crippen LogP contribution in [0.25, 0.3) is 11.4 Å². The van der Waals surface area contributed by atoms with Crippen molar-refractivity contribution < 1.29 is 0 Å². The van der Waals surface area contributed by atoms with Gasteiger partial charge >= 0.3 is 0 Å². The molecule has 2 aromatic rings. The molecule has 0 saturated heterocycles. The Morgan fingerprint density at radius 1 is 1.10 bits per heavy atom. The van der Waals surface area contributed by atoms with Crippen LogP contribution in [-0.2, 0) is 17.9 Å². The highest BCUT2D eigenvalue weighted by Gasteiger charge is 2.25. The standard InChI is InChI=1S/C16H24N4O/c1-15(2,3)11-8-12(21)18-14(17-11)10-9-20(7)19-13(10)16(4,5)6/h8-9H,1-7H3,(H,17,18,21). The third-order valence-electron chi connectivity index (χ3n) is 3.30. The molecule has 0 aliphatic carbocycles. The maximum absolute atomic E-state index is 12.0. The van der Waals surface area contributed by atoms with Gasteiger partial charge in [-0.3, -0.25) is 9.48 Å². The maximum atomic E-state index is 12.0. The highest BCUT2D eigenvalue weighted by atomic mass is 16.1. The molecular weight excluding hydrogens is 264 g/mol. The first kappa shape index (κ1) is 15.5. The number of aromatic amines is 1. The largest absolute Gasteiger partial charge is 0.306 e. The van der Waals surface area contributed by atoms with Gasteiger partial charge in [-0.1, -0.05) is 41.5 Å². The number of hydrogen-bond donors (Lipinski definition) is 1. The molecule has 2 rings (SSSR count). The predicted molar refractivity (Wildman–Crippen MR) is 84.5 cm³/mol. The molecule has 0 fully saturated rings. The van der Waals surface area contributed by atoms with E-state index in [9.17, 15) is 4.79 Å². The molecule has 0 radical (unpaired) electrons. The monoisotopic (exact) mass is 288 g/mol. The Morgan fingerprint density at radius 2 is 1.71 bits per heavy atom. The Hall–Kier alpha value is -1.91. The van der Waals surface area contributed by atoms with Gasteiger partial charge in [0.05, 0.1) is 17.0 Å². The van der Waals surface area contributed by atoms with Crippen LogP contribution in [0.15, 0.2) is 17.1 Å². The Morgan fingerprint density at radius 3 is 2.24 bits per heavy atom. The van der Waals surface area contributed by atoms with Crippen LogP contribution in [0, 0.1) is 0 Å². The van der Waals surface area contributed by atoms with Gasteiger partial charge < -0.3 is 4.98 Å². The zero-order valence-electron chi connectivity index (χ0n) is 13.9. The normalized spacial score (nSPS) is 12.7. The topological polar surface area (TPSA) is 63.6 Å². The molecular formula is C16H24N4O. The molecule has 1 N–H and O–H groups in total. The van der Waals surface area contributed by atoms with Crippen LogP contribution < -0.4 is 5.56 Å². The molecule has 0 amide bonds. The fourth-order valence-corrected chi connectivity index (χ4v) is 2.19. The zero-order valence-corrected chi connectivity index (χ0v) is 13.9. The van der Waals surface area contributed by atoms with Gasteiger partial charge in [-0.05, 0) is 0 Å². The van der Waals surface area contributed by atoms with Gasteiger partial charge in [0.15, 0.2) is 0 Å². The van der Waals surface area contributed by atoms with E-state index in [1.165, 1.54) is 0 Å². The van der Waals surface area contributed by atoms with Gasteiger partial charge in [0.2, 0.25) is 0 Å². The summed E-state index contributed by atoms with van der Waals surface area (Å²) in [5.74, 6) is 0.588. The third kappa shape index (κ3) is 3.23. The van der Waals surface area contributed by atoms with Crippen LogP contribution in [-0.4, -0.2) is 19.7 Å². The van der Waals surface area contributed by atoms with Gasteiger partial charge in [-0.25, -0.2) is 4.98 Å². The Balaban J connectivity index is 2.69. The molecule has 114 valence electrons. The number of aromatic nitrogens is 4. The maximum Gasteiger partial charge on any atom is 0.251 e. The van der Waals surface area contributed by atoms with Crippen molar-refractivity contribution in [3.05, 3.63) is 34.0 Å². The van der Waals surface area contributed by atoms with E-state index in [1.807, 2.05) is 34.0 Å². The molecule has 0 aromatic carbocycles. The second-order valence-electron chi connectivity index (χ2n) is 7.54. The number of H-pyrrole nitrogens is 1. The molecule has 2 heterocycles. The molecule has 21 heavy (non-hydrogen) atoms. The molecule has 0 unspecified atom stereocenters. The minimum absolute atomic E-state index is 0.118. The zero-order chi connectivity index (χ0) is 16.0. The average molecular weight is 288 g/mol. The molecule has 0 saturated carbocycles. The van der Waals surface area contributed by atoms with E-state index >= 15 is 0 Å². The van der Waals surface area contributed by atoms with Crippen molar-refractivity contribution >= 4 is 0 Å². The van der Waals surface area contributed by atoms with Gasteiger partial charge in [0.1, 0.15) is 5.82 Å². The van der Waals surface area contributed by atoms with E-state index in [4.69, 9.17) is 0 Å². The number of aryl methyl sites for hydroxylation is 1. The summed E-state index contributed by atoms with van der Waals surface area (Å²) in [5.41, 5.74) is 2.17. The lowest BCUT2D eigenvalue weighted by Gasteiger charge is -2.19. The third-order valence-corrected chi connectivity index (χ3v) is 3.30. The number of nitrogens with one attached hydrogen (secondary N) is 1. The van der Waals surface area contributed by atoms with Crippen molar-refractivity contribution in [1.29, 1.82) is 0 Å². The Bertz CT molecular complexity index is 711. The van der Waals surface area contributed by atoms with Crippen LogP contribution in [0.2, 0.25) is 0 Å². The predicted octanol–water partition coefficient (Wildman–Crippen LogP) is 2.77. The quantitative estimate of drug-likeness (QED) is 0.877. The molecule has 0 bridgehead atoms. The lowest BCUT2D eigenvalue weighted by Crippen LogP contribution is -2.21. The van der Waals surface area contributed by atoms with Crippen molar-refractivity contribution in [1.82, 2.24) is 19.7 Å². The van der Waals surface area contributed by atoms with Gasteiger partial charge in [-0.15, -0.1) is 0 Å². The fraction of sp³-hybridized carbons (Fsp3) is 0.562. The Kier molecular flexibility index (Phi) is 3.56. The smallest absolute Gasteiger partial charge is 0.251 e. The SMILES string of the molecule is Cn1cc(-c2nc(C(C)(C)C)cc(=O)[nH]2)c(C(C)(C)C)n1. The number of nitrogens with zero attached hydrogens (tertiary/aromatic N) is 3. The highest BCUT2D eigenvalue weighted by Crippen LogP contribution is 2.30. The fourth-order valence-electron chi connectivity index (χ4n) is 2.19. The summed E-state index contributed by atoms with van der Waals surface area (Å²) >= 11 is 0. The van der Waals surface area contributed by atoms with Crippen LogP contribution in [0.5, 0.6) is 0 Å². The molecule has 5 heteroatoms. The van der Waals surface area contributed by atoms with Crippen molar-refractivity contribution in [2.24, 2.45) is 7.05 Å². The second-order valence-corrected chi connectivity index (χ2v) is 7.54. The van der Waals surface area contributed by atoms with E-state index < -0.39 is 0 Å². The molecule has 0 aliphatic rings. The van der Waals surface area contributed by atoms with Crippen LogP contribution in [0.4, 0.5) is 0 Å². The van der Waals surface area contributed by atoms with Crippen LogP contribution in [0.1, 0.15) is 52.9 Å². The van der Waals surface area contributed by atoms with Crippen LogP contribution >= 0.6 is 0 Å². The summed E-state index contributed by atoms with van der Waals surface area (Å²) in [4.78, 5) is 19.5. The van der Waals surface area contributed by atoms with Crippen molar-refractivity contribution in [2.45, 2.75) is 52.4 Å². The van der Waals surface area contributed by atoms with E-state index in [2.05, 4.69) is 35.8 Å². The molecule has 2 aromatic heterocycles. The second kappa shape index (κ2) is 4.83. The Labute approximate surface area is 125 Å². The van der Waals surface area contributed by atoms with E-state index in [0.717, 1.165) is 17.0 Å². The first-order valence-corrected chi connectivity index (χ1v) is 7.15. The summed E-state index contributed by atoms with van der Waals surface area (Å²) in [6, 6.07) is 1.57. The van der Waals surface area contributed by atoms with Crippen molar-refractivity contribution in [3.63, 3.8) is 0 Å². The lowest BCUT2D eigenvalue weighted by molar-refractivity contribution is 0.552. The molecule has 0 aliphatic heterocycles. The van der Waals surface area contributed by atoms with Gasteiger partial charge in [-0.2, -0.15) is 5.10 Å². The summed E-state index contributed by atoms with van der Waals surface area (Å²) in [5, 5.41) is 4.53.